The summed E-state index contributed by atoms with van der Waals surface area (Å²) >= 11 is 3.01. The van der Waals surface area contributed by atoms with Gasteiger partial charge in [-0.1, -0.05) is 0 Å². The van der Waals surface area contributed by atoms with Gasteiger partial charge in [0.25, 0.3) is 20.2 Å². The molecule has 2 N–H and O–H groups in total. The van der Waals surface area contributed by atoms with Crippen LogP contribution in [0.25, 0.3) is 0 Å². The monoisotopic (exact) mass is 442 g/mol. The van der Waals surface area contributed by atoms with Gasteiger partial charge in [-0.2, -0.15) is 16.8 Å². The number of benzene rings is 1. The Bertz CT molecular complexity index is 727. The molecule has 0 atom stereocenters. The summed E-state index contributed by atoms with van der Waals surface area (Å²) in [4.78, 5) is 1.97. The summed E-state index contributed by atoms with van der Waals surface area (Å²) in [5, 5.41) is 0. The predicted octanol–water partition coefficient (Wildman–Crippen LogP) is 3.98. The molecule has 0 spiro atoms. The van der Waals surface area contributed by atoms with Gasteiger partial charge in [0.05, 0.1) is 9.49 Å². The van der Waals surface area contributed by atoms with E-state index in [0.717, 1.165) is 9.79 Å². The van der Waals surface area contributed by atoms with Crippen molar-refractivity contribution in [2.75, 3.05) is 11.5 Å². The van der Waals surface area contributed by atoms with E-state index in [-0.39, 0.29) is 0 Å². The molecule has 0 radical (unpaired) electrons. The Morgan fingerprint density at radius 1 is 0.731 bits per heavy atom. The van der Waals surface area contributed by atoms with Crippen molar-refractivity contribution in [3.05, 3.63) is 24.3 Å². The van der Waals surface area contributed by atoms with Crippen molar-refractivity contribution < 1.29 is 25.9 Å². The lowest BCUT2D eigenvalue weighted by Crippen LogP contribution is -2.31. The molecule has 0 aromatic heterocycles. The van der Waals surface area contributed by atoms with Gasteiger partial charge in [-0.15, -0.1) is 23.5 Å². The van der Waals surface area contributed by atoms with Crippen LogP contribution in [0.2, 0.25) is 0 Å². The molecule has 6 nitrogen and oxygen atoms in total. The second-order valence-electron chi connectivity index (χ2n) is 7.14. The molecular weight excluding hydrogens is 416 g/mol. The molecule has 1 rings (SSSR count). The lowest BCUT2D eigenvalue weighted by molar-refractivity contribution is 0.436. The summed E-state index contributed by atoms with van der Waals surface area (Å²) in [6.07, 6.45) is 0.662. The Kier molecular flexibility index (Phi) is 8.07. The third kappa shape index (κ3) is 7.05. The Morgan fingerprint density at radius 2 is 1.00 bits per heavy atom. The van der Waals surface area contributed by atoms with Crippen LogP contribution in [-0.4, -0.2) is 46.9 Å². The smallest absolute Gasteiger partial charge is 0.270 e. The first kappa shape index (κ1) is 23.8. The summed E-state index contributed by atoms with van der Waals surface area (Å²) in [5.41, 5.74) is 0. The van der Waals surface area contributed by atoms with E-state index in [1.54, 1.807) is 0 Å². The number of hydrogen-bond donors (Lipinski definition) is 2. The lowest BCUT2D eigenvalue weighted by Gasteiger charge is -2.20. The van der Waals surface area contributed by atoms with Crippen molar-refractivity contribution in [3.8, 4) is 0 Å². The highest BCUT2D eigenvalue weighted by Gasteiger charge is 2.32. The molecule has 26 heavy (non-hydrogen) atoms. The highest BCUT2D eigenvalue weighted by Crippen LogP contribution is 2.29. The molecule has 150 valence electrons. The van der Waals surface area contributed by atoms with Gasteiger partial charge in [-0.05, 0) is 76.3 Å². The first-order chi connectivity index (χ1) is 11.7. The molecule has 1 aromatic rings. The summed E-state index contributed by atoms with van der Waals surface area (Å²) in [6, 6.07) is 7.67. The van der Waals surface area contributed by atoms with Crippen molar-refractivity contribution in [2.24, 2.45) is 0 Å². The Hall–Kier alpha value is -0.260. The molecule has 0 bridgehead atoms. The largest absolute Gasteiger partial charge is 0.285 e. The summed E-state index contributed by atoms with van der Waals surface area (Å²) in [6.45, 7) is 5.99. The zero-order valence-corrected chi connectivity index (χ0v) is 18.6. The maximum Gasteiger partial charge on any atom is 0.270 e. The first-order valence-corrected chi connectivity index (χ1v) is 12.8. The Balaban J connectivity index is 2.50. The van der Waals surface area contributed by atoms with E-state index in [1.165, 1.54) is 51.2 Å². The van der Waals surface area contributed by atoms with Crippen LogP contribution in [0.1, 0.15) is 40.5 Å². The van der Waals surface area contributed by atoms with Gasteiger partial charge in [-0.25, -0.2) is 0 Å². The highest BCUT2D eigenvalue weighted by atomic mass is 32.2. The lowest BCUT2D eigenvalue weighted by atomic mass is 10.1. The fraction of sp³-hybridized carbons (Fsp3) is 0.625. The molecule has 0 aliphatic heterocycles. The second kappa shape index (κ2) is 8.83. The van der Waals surface area contributed by atoms with Crippen LogP contribution in [-0.2, 0) is 20.2 Å². The summed E-state index contributed by atoms with van der Waals surface area (Å²) < 4.78 is 61.1. The van der Waals surface area contributed by atoms with E-state index in [0.29, 0.717) is 24.3 Å². The van der Waals surface area contributed by atoms with Gasteiger partial charge in [0.1, 0.15) is 0 Å². The number of rotatable bonds is 10. The van der Waals surface area contributed by atoms with E-state index in [1.807, 2.05) is 24.3 Å². The molecule has 0 fully saturated rings. The molecule has 10 heteroatoms. The molecule has 0 amide bonds. The third-order valence-corrected chi connectivity index (χ3v) is 9.40. The number of hydrogen-bond acceptors (Lipinski definition) is 6. The van der Waals surface area contributed by atoms with Crippen molar-refractivity contribution in [1.29, 1.82) is 0 Å². The topological polar surface area (TPSA) is 109 Å². The maximum atomic E-state index is 11.3. The Morgan fingerprint density at radius 3 is 1.23 bits per heavy atom. The molecular formula is C16H26O6S4. The normalized spacial score (nSPS) is 13.8. The van der Waals surface area contributed by atoms with E-state index >= 15 is 0 Å². The fourth-order valence-corrected chi connectivity index (χ4v) is 5.05. The minimum atomic E-state index is -4.07. The third-order valence-electron chi connectivity index (χ3n) is 4.17. The zero-order chi connectivity index (χ0) is 20.2. The van der Waals surface area contributed by atoms with Gasteiger partial charge in [-0.3, -0.25) is 9.11 Å². The van der Waals surface area contributed by atoms with Crippen LogP contribution in [0.5, 0.6) is 0 Å². The van der Waals surface area contributed by atoms with Gasteiger partial charge in [0.15, 0.2) is 0 Å². The van der Waals surface area contributed by atoms with Crippen LogP contribution in [0, 0.1) is 0 Å². The van der Waals surface area contributed by atoms with Crippen LogP contribution in [0.4, 0.5) is 0 Å². The fourth-order valence-electron chi connectivity index (χ4n) is 1.72. The molecule has 0 saturated carbocycles. The first-order valence-electron chi connectivity index (χ1n) is 7.95. The van der Waals surface area contributed by atoms with E-state index in [2.05, 4.69) is 0 Å². The van der Waals surface area contributed by atoms with E-state index < -0.39 is 29.7 Å². The molecule has 0 unspecified atom stereocenters. The van der Waals surface area contributed by atoms with Gasteiger partial charge >= 0.3 is 0 Å². The molecule has 1 aromatic carbocycles. The second-order valence-corrected chi connectivity index (χ2v) is 13.6. The van der Waals surface area contributed by atoms with Crippen LogP contribution < -0.4 is 0 Å². The predicted molar refractivity (Wildman–Crippen MR) is 108 cm³/mol. The molecule has 0 aliphatic carbocycles. The van der Waals surface area contributed by atoms with Gasteiger partial charge in [0, 0.05) is 9.79 Å². The maximum absolute atomic E-state index is 11.3. The summed E-state index contributed by atoms with van der Waals surface area (Å²) in [5.74, 6) is 1.11. The van der Waals surface area contributed by atoms with Gasteiger partial charge < -0.3 is 0 Å². The minimum absolute atomic E-state index is 0.331. The van der Waals surface area contributed by atoms with Crippen LogP contribution in [0.15, 0.2) is 34.1 Å². The molecule has 0 aliphatic rings. The average molecular weight is 443 g/mol. The van der Waals surface area contributed by atoms with Crippen molar-refractivity contribution in [3.63, 3.8) is 0 Å². The standard InChI is InChI=1S/C16H26O6S4/c1-15(2,25(17,18)19)9-11-23-13-5-7-14(8-6-13)24-12-10-16(3,4)26(20,21)22/h5-8H,9-12H2,1-4H3,(H,17,18,19)(H,20,21,22). The van der Waals surface area contributed by atoms with Crippen molar-refractivity contribution in [1.82, 2.24) is 0 Å². The quantitative estimate of drug-likeness (QED) is 0.414. The molecule has 0 heterocycles. The van der Waals surface area contributed by atoms with E-state index in [4.69, 9.17) is 0 Å². The zero-order valence-electron chi connectivity index (χ0n) is 15.3. The number of thioether (sulfide) groups is 2. The Labute approximate surface area is 165 Å². The average Bonchev–Trinajstić information content (AvgIpc) is 2.46. The molecule has 0 saturated heterocycles. The minimum Gasteiger partial charge on any atom is -0.285 e. The van der Waals surface area contributed by atoms with Crippen molar-refractivity contribution in [2.45, 2.75) is 59.8 Å². The van der Waals surface area contributed by atoms with Crippen LogP contribution in [0.3, 0.4) is 0 Å². The van der Waals surface area contributed by atoms with Crippen molar-refractivity contribution >= 4 is 43.8 Å². The summed E-state index contributed by atoms with van der Waals surface area (Å²) in [7, 11) is -8.15. The highest BCUT2D eigenvalue weighted by molar-refractivity contribution is 7.99. The van der Waals surface area contributed by atoms with Gasteiger partial charge in [0.2, 0.25) is 0 Å². The van der Waals surface area contributed by atoms with Crippen LogP contribution >= 0.6 is 23.5 Å². The SMILES string of the molecule is CC(C)(CCSc1ccc(SCCC(C)(C)S(=O)(=O)O)cc1)S(=O)(=O)O. The van der Waals surface area contributed by atoms with E-state index in [9.17, 15) is 25.9 Å².